The number of hydrogen-bond acceptors (Lipinski definition) is 5. The Morgan fingerprint density at radius 1 is 1.17 bits per heavy atom. The van der Waals surface area contributed by atoms with Gasteiger partial charge in [0.1, 0.15) is 5.75 Å². The molecule has 1 heterocycles. The Labute approximate surface area is 191 Å². The van der Waals surface area contributed by atoms with Crippen LogP contribution in [0.2, 0.25) is 0 Å². The van der Waals surface area contributed by atoms with Crippen LogP contribution in [0.1, 0.15) is 38.3 Å². The molecule has 2 unspecified atom stereocenters. The van der Waals surface area contributed by atoms with Crippen LogP contribution in [-0.2, 0) is 9.53 Å². The maximum Gasteiger partial charge on any atom is 0.310 e. The number of methoxy groups -OCH3 is 2. The topological polar surface area (TPSA) is 75.2 Å². The summed E-state index contributed by atoms with van der Waals surface area (Å²) in [5.74, 6) is 1.07. The lowest BCUT2D eigenvalue weighted by atomic mass is 10.1. The number of rotatable bonds is 9. The molecule has 29 heavy (non-hydrogen) atoms. The van der Waals surface area contributed by atoms with Gasteiger partial charge in [0, 0.05) is 13.1 Å². The van der Waals surface area contributed by atoms with E-state index < -0.39 is 0 Å². The lowest BCUT2D eigenvalue weighted by Crippen LogP contribution is -2.43. The third-order valence-corrected chi connectivity index (χ3v) is 5.02. The van der Waals surface area contributed by atoms with Crippen LogP contribution >= 0.6 is 24.0 Å². The summed E-state index contributed by atoms with van der Waals surface area (Å²) in [5.41, 5.74) is 1.26. The van der Waals surface area contributed by atoms with Crippen molar-refractivity contribution in [2.75, 3.05) is 46.9 Å². The fourth-order valence-corrected chi connectivity index (χ4v) is 3.38. The first-order chi connectivity index (χ1) is 13.6. The number of halogens is 1. The van der Waals surface area contributed by atoms with E-state index in [4.69, 9.17) is 9.47 Å². The van der Waals surface area contributed by atoms with Gasteiger partial charge in [-0.3, -0.25) is 14.7 Å². The van der Waals surface area contributed by atoms with Gasteiger partial charge in [-0.25, -0.2) is 0 Å². The molecule has 1 aromatic carbocycles. The standard InChI is InChI=1S/C21H34N4O3.HI/c1-5-22-21(23-14-16(2)20(26)28-4)24-15-19(25-12-6-7-13-25)17-8-10-18(27-3)11-9-17;/h8-11,16,19H,5-7,12-15H2,1-4H3,(H2,22,23,24);1H. The minimum Gasteiger partial charge on any atom is -0.497 e. The van der Waals surface area contributed by atoms with Crippen LogP contribution < -0.4 is 15.4 Å². The summed E-state index contributed by atoms with van der Waals surface area (Å²) < 4.78 is 10.1. The molecule has 1 aliphatic heterocycles. The highest BCUT2D eigenvalue weighted by Crippen LogP contribution is 2.26. The van der Waals surface area contributed by atoms with E-state index in [9.17, 15) is 4.79 Å². The van der Waals surface area contributed by atoms with E-state index in [1.807, 2.05) is 26.0 Å². The van der Waals surface area contributed by atoms with E-state index in [1.54, 1.807) is 7.11 Å². The molecule has 1 fully saturated rings. The molecule has 8 heteroatoms. The average molecular weight is 518 g/mol. The molecule has 1 aromatic rings. The molecule has 0 spiro atoms. The summed E-state index contributed by atoms with van der Waals surface area (Å²) in [6.45, 7) is 7.95. The molecule has 2 atom stereocenters. The predicted octanol–water partition coefficient (Wildman–Crippen LogP) is 2.81. The summed E-state index contributed by atoms with van der Waals surface area (Å²) >= 11 is 0. The maximum atomic E-state index is 11.6. The van der Waals surface area contributed by atoms with Gasteiger partial charge in [-0.15, -0.1) is 24.0 Å². The van der Waals surface area contributed by atoms with Crippen molar-refractivity contribution < 1.29 is 14.3 Å². The van der Waals surface area contributed by atoms with E-state index in [0.717, 1.165) is 37.9 Å². The van der Waals surface area contributed by atoms with Gasteiger partial charge in [-0.05, 0) is 50.6 Å². The highest BCUT2D eigenvalue weighted by molar-refractivity contribution is 14.0. The van der Waals surface area contributed by atoms with Crippen molar-refractivity contribution in [2.24, 2.45) is 10.9 Å². The Kier molecular flexibility index (Phi) is 12.0. The van der Waals surface area contributed by atoms with Gasteiger partial charge < -0.3 is 20.1 Å². The SMILES string of the molecule is CCNC(=NCC(C)C(=O)OC)NCC(c1ccc(OC)cc1)N1CCCC1.I. The second kappa shape index (κ2) is 13.6. The van der Waals surface area contributed by atoms with Gasteiger partial charge >= 0.3 is 5.97 Å². The molecule has 164 valence electrons. The van der Waals surface area contributed by atoms with Crippen LogP contribution in [0.4, 0.5) is 0 Å². The van der Waals surface area contributed by atoms with Gasteiger partial charge in [0.2, 0.25) is 0 Å². The number of guanidine groups is 1. The van der Waals surface area contributed by atoms with E-state index in [0.29, 0.717) is 6.54 Å². The number of likely N-dealkylation sites (tertiary alicyclic amines) is 1. The van der Waals surface area contributed by atoms with Crippen molar-refractivity contribution in [3.63, 3.8) is 0 Å². The predicted molar refractivity (Wildman–Crippen MR) is 127 cm³/mol. The molecular weight excluding hydrogens is 483 g/mol. The second-order valence-electron chi connectivity index (χ2n) is 7.06. The zero-order valence-electron chi connectivity index (χ0n) is 17.9. The molecule has 0 amide bonds. The molecule has 0 aliphatic carbocycles. The smallest absolute Gasteiger partial charge is 0.310 e. The fraction of sp³-hybridized carbons (Fsp3) is 0.619. The van der Waals surface area contributed by atoms with Crippen molar-refractivity contribution in [1.82, 2.24) is 15.5 Å². The molecule has 0 bridgehead atoms. The Hall–Kier alpha value is -1.55. The number of hydrogen-bond donors (Lipinski definition) is 2. The normalized spacial score (nSPS) is 16.5. The lowest BCUT2D eigenvalue weighted by Gasteiger charge is -2.29. The quantitative estimate of drug-likeness (QED) is 0.227. The number of aliphatic imine (C=N–C) groups is 1. The molecule has 1 aliphatic rings. The van der Waals surface area contributed by atoms with Gasteiger partial charge in [-0.2, -0.15) is 0 Å². The summed E-state index contributed by atoms with van der Waals surface area (Å²) in [6, 6.07) is 8.54. The van der Waals surface area contributed by atoms with E-state index in [1.165, 1.54) is 25.5 Å². The largest absolute Gasteiger partial charge is 0.497 e. The zero-order chi connectivity index (χ0) is 20.4. The summed E-state index contributed by atoms with van der Waals surface area (Å²) in [5, 5.41) is 6.71. The minimum atomic E-state index is -0.267. The molecule has 0 radical (unpaired) electrons. The molecule has 2 rings (SSSR count). The molecule has 7 nitrogen and oxygen atoms in total. The number of nitrogens with zero attached hydrogens (tertiary/aromatic N) is 2. The maximum absolute atomic E-state index is 11.6. The Morgan fingerprint density at radius 3 is 2.38 bits per heavy atom. The number of carbonyl (C=O) groups is 1. The molecule has 0 aromatic heterocycles. The van der Waals surface area contributed by atoms with Crippen molar-refractivity contribution in [2.45, 2.75) is 32.7 Å². The van der Waals surface area contributed by atoms with Crippen molar-refractivity contribution in [3.05, 3.63) is 29.8 Å². The van der Waals surface area contributed by atoms with Crippen LogP contribution in [0, 0.1) is 5.92 Å². The number of carbonyl (C=O) groups excluding carboxylic acids is 1. The minimum absolute atomic E-state index is 0. The molecule has 2 N–H and O–H groups in total. The molecular formula is C21H35IN4O3. The fourth-order valence-electron chi connectivity index (χ4n) is 3.38. The van der Waals surface area contributed by atoms with Gasteiger partial charge in [-0.1, -0.05) is 19.1 Å². The second-order valence-corrected chi connectivity index (χ2v) is 7.06. The Balaban J connectivity index is 0.00000420. The summed E-state index contributed by atoms with van der Waals surface area (Å²) in [7, 11) is 3.09. The number of benzene rings is 1. The Bertz CT molecular complexity index is 633. The van der Waals surface area contributed by atoms with Crippen molar-refractivity contribution in [3.8, 4) is 5.75 Å². The van der Waals surface area contributed by atoms with Gasteiger partial charge in [0.05, 0.1) is 32.7 Å². The molecule has 0 saturated carbocycles. The average Bonchev–Trinajstić information content (AvgIpc) is 3.26. The van der Waals surface area contributed by atoms with E-state index in [-0.39, 0.29) is 41.9 Å². The van der Waals surface area contributed by atoms with E-state index in [2.05, 4.69) is 32.7 Å². The number of nitrogens with one attached hydrogen (secondary N) is 2. The third kappa shape index (κ3) is 8.00. The first-order valence-electron chi connectivity index (χ1n) is 10.1. The lowest BCUT2D eigenvalue weighted by molar-refractivity contribution is -0.144. The highest BCUT2D eigenvalue weighted by Gasteiger charge is 2.24. The summed E-state index contributed by atoms with van der Waals surface area (Å²) in [4.78, 5) is 18.7. The van der Waals surface area contributed by atoms with Crippen LogP contribution in [0.3, 0.4) is 0 Å². The first-order valence-corrected chi connectivity index (χ1v) is 10.1. The highest BCUT2D eigenvalue weighted by atomic mass is 127. The monoisotopic (exact) mass is 518 g/mol. The zero-order valence-corrected chi connectivity index (χ0v) is 20.3. The first kappa shape index (κ1) is 25.5. The molecule has 1 saturated heterocycles. The van der Waals surface area contributed by atoms with E-state index >= 15 is 0 Å². The van der Waals surface area contributed by atoms with Crippen molar-refractivity contribution >= 4 is 35.9 Å². The number of ether oxygens (including phenoxy) is 2. The van der Waals surface area contributed by atoms with Crippen LogP contribution in [0.15, 0.2) is 29.3 Å². The summed E-state index contributed by atoms with van der Waals surface area (Å²) in [6.07, 6.45) is 2.47. The Morgan fingerprint density at radius 2 is 1.83 bits per heavy atom. The number of esters is 1. The van der Waals surface area contributed by atoms with Crippen LogP contribution in [0.25, 0.3) is 0 Å². The third-order valence-electron chi connectivity index (χ3n) is 5.02. The van der Waals surface area contributed by atoms with Gasteiger partial charge in [0.25, 0.3) is 0 Å². The van der Waals surface area contributed by atoms with Crippen LogP contribution in [-0.4, -0.2) is 63.8 Å². The van der Waals surface area contributed by atoms with Gasteiger partial charge in [0.15, 0.2) is 5.96 Å². The van der Waals surface area contributed by atoms with Crippen LogP contribution in [0.5, 0.6) is 5.75 Å². The van der Waals surface area contributed by atoms with Crippen molar-refractivity contribution in [1.29, 1.82) is 0 Å².